The van der Waals surface area contributed by atoms with E-state index in [1.165, 1.54) is 24.3 Å². The highest BCUT2D eigenvalue weighted by Crippen LogP contribution is 2.29. The SMILES string of the molecule is CC(c1ccccc1)N1CC(C(=O)N2CCCN(C(=O)c3ccc(F)cc3)CC2)CC1=O. The first kappa shape index (κ1) is 22.0. The second kappa shape index (κ2) is 9.51. The van der Waals surface area contributed by atoms with E-state index in [0.717, 1.165) is 5.56 Å². The Hall–Kier alpha value is -3.22. The molecule has 0 saturated carbocycles. The van der Waals surface area contributed by atoms with Gasteiger partial charge >= 0.3 is 0 Å². The number of amides is 3. The maximum atomic E-state index is 13.2. The summed E-state index contributed by atoms with van der Waals surface area (Å²) >= 11 is 0. The van der Waals surface area contributed by atoms with Crippen molar-refractivity contribution in [1.82, 2.24) is 14.7 Å². The van der Waals surface area contributed by atoms with E-state index >= 15 is 0 Å². The molecule has 0 N–H and O–H groups in total. The van der Waals surface area contributed by atoms with Crippen LogP contribution in [0, 0.1) is 11.7 Å². The van der Waals surface area contributed by atoms with Crippen LogP contribution in [-0.2, 0) is 9.59 Å². The van der Waals surface area contributed by atoms with E-state index in [1.807, 2.05) is 37.3 Å². The molecule has 32 heavy (non-hydrogen) atoms. The van der Waals surface area contributed by atoms with Crippen LogP contribution in [0.3, 0.4) is 0 Å². The summed E-state index contributed by atoms with van der Waals surface area (Å²) in [5.74, 6) is -0.901. The molecule has 2 aliphatic heterocycles. The lowest BCUT2D eigenvalue weighted by molar-refractivity contribution is -0.135. The molecule has 2 aliphatic rings. The molecule has 2 heterocycles. The first-order valence-corrected chi connectivity index (χ1v) is 11.1. The normalized spacial score (nSPS) is 20.2. The lowest BCUT2D eigenvalue weighted by atomic mass is 10.1. The van der Waals surface area contributed by atoms with Gasteiger partial charge in [-0.1, -0.05) is 30.3 Å². The molecule has 3 amide bonds. The van der Waals surface area contributed by atoms with E-state index in [-0.39, 0.29) is 41.9 Å². The third kappa shape index (κ3) is 4.66. The number of hydrogen-bond acceptors (Lipinski definition) is 3. The number of carbonyl (C=O) groups is 3. The van der Waals surface area contributed by atoms with Crippen molar-refractivity contribution in [3.05, 3.63) is 71.5 Å². The highest BCUT2D eigenvalue weighted by atomic mass is 19.1. The van der Waals surface area contributed by atoms with Crippen LogP contribution in [0.2, 0.25) is 0 Å². The predicted octanol–water partition coefficient (Wildman–Crippen LogP) is 3.11. The highest BCUT2D eigenvalue weighted by Gasteiger charge is 2.39. The molecule has 0 aliphatic carbocycles. The van der Waals surface area contributed by atoms with E-state index in [1.54, 1.807) is 14.7 Å². The zero-order chi connectivity index (χ0) is 22.7. The Kier molecular flexibility index (Phi) is 6.53. The minimum atomic E-state index is -0.379. The molecular formula is C25H28FN3O3. The van der Waals surface area contributed by atoms with Gasteiger partial charge < -0.3 is 14.7 Å². The Morgan fingerprint density at radius 3 is 2.31 bits per heavy atom. The van der Waals surface area contributed by atoms with Gasteiger partial charge in [0.1, 0.15) is 5.82 Å². The van der Waals surface area contributed by atoms with Crippen LogP contribution in [0.5, 0.6) is 0 Å². The van der Waals surface area contributed by atoms with Gasteiger partial charge in [0.05, 0.1) is 12.0 Å². The van der Waals surface area contributed by atoms with Gasteiger partial charge in [-0.3, -0.25) is 14.4 Å². The molecule has 2 atom stereocenters. The molecule has 0 spiro atoms. The zero-order valence-electron chi connectivity index (χ0n) is 18.2. The second-order valence-electron chi connectivity index (χ2n) is 8.51. The Labute approximate surface area is 187 Å². The minimum absolute atomic E-state index is 0.00244. The Morgan fingerprint density at radius 1 is 0.938 bits per heavy atom. The van der Waals surface area contributed by atoms with Crippen LogP contribution in [0.1, 0.15) is 41.7 Å². The van der Waals surface area contributed by atoms with Crippen molar-refractivity contribution >= 4 is 17.7 Å². The quantitative estimate of drug-likeness (QED) is 0.739. The van der Waals surface area contributed by atoms with Crippen LogP contribution in [-0.4, -0.2) is 65.1 Å². The first-order valence-electron chi connectivity index (χ1n) is 11.1. The molecule has 4 rings (SSSR count). The molecule has 2 saturated heterocycles. The highest BCUT2D eigenvalue weighted by molar-refractivity contribution is 5.94. The summed E-state index contributed by atoms with van der Waals surface area (Å²) in [5, 5.41) is 0. The fourth-order valence-electron chi connectivity index (χ4n) is 4.56. The van der Waals surface area contributed by atoms with Gasteiger partial charge in [0, 0.05) is 44.7 Å². The standard InChI is InChI=1S/C25H28FN3O3/c1-18(19-6-3-2-4-7-19)29-17-21(16-23(29)30)25(32)28-13-5-12-27(14-15-28)24(31)20-8-10-22(26)11-9-20/h2-4,6-11,18,21H,5,12-17H2,1H3. The molecule has 2 unspecified atom stereocenters. The fourth-order valence-corrected chi connectivity index (χ4v) is 4.56. The third-order valence-corrected chi connectivity index (χ3v) is 6.44. The second-order valence-corrected chi connectivity index (χ2v) is 8.51. The number of likely N-dealkylation sites (tertiary alicyclic amines) is 1. The Morgan fingerprint density at radius 2 is 1.59 bits per heavy atom. The molecule has 0 aromatic heterocycles. The number of nitrogens with zero attached hydrogens (tertiary/aromatic N) is 3. The predicted molar refractivity (Wildman–Crippen MR) is 118 cm³/mol. The summed E-state index contributed by atoms with van der Waals surface area (Å²) in [6.45, 7) is 4.37. The largest absolute Gasteiger partial charge is 0.341 e. The molecule has 7 heteroatoms. The van der Waals surface area contributed by atoms with Gasteiger partial charge in [-0.15, -0.1) is 0 Å². The topological polar surface area (TPSA) is 60.9 Å². The van der Waals surface area contributed by atoms with E-state index < -0.39 is 0 Å². The molecule has 0 radical (unpaired) electrons. The smallest absolute Gasteiger partial charge is 0.253 e. The van der Waals surface area contributed by atoms with Crippen molar-refractivity contribution in [2.75, 3.05) is 32.7 Å². The monoisotopic (exact) mass is 437 g/mol. The minimum Gasteiger partial charge on any atom is -0.341 e. The van der Waals surface area contributed by atoms with Gasteiger partial charge in [0.2, 0.25) is 11.8 Å². The van der Waals surface area contributed by atoms with Crippen LogP contribution < -0.4 is 0 Å². The third-order valence-electron chi connectivity index (χ3n) is 6.44. The van der Waals surface area contributed by atoms with Crippen molar-refractivity contribution in [2.24, 2.45) is 5.92 Å². The van der Waals surface area contributed by atoms with E-state index in [0.29, 0.717) is 44.7 Å². The van der Waals surface area contributed by atoms with Crippen molar-refractivity contribution < 1.29 is 18.8 Å². The van der Waals surface area contributed by atoms with E-state index in [2.05, 4.69) is 0 Å². The van der Waals surface area contributed by atoms with Crippen LogP contribution in [0.25, 0.3) is 0 Å². The van der Waals surface area contributed by atoms with Crippen molar-refractivity contribution in [3.8, 4) is 0 Å². The van der Waals surface area contributed by atoms with Crippen LogP contribution >= 0.6 is 0 Å². The maximum Gasteiger partial charge on any atom is 0.253 e. The molecule has 2 aromatic carbocycles. The van der Waals surface area contributed by atoms with Crippen molar-refractivity contribution in [2.45, 2.75) is 25.8 Å². The summed E-state index contributed by atoms with van der Waals surface area (Å²) in [6.07, 6.45) is 0.897. The van der Waals surface area contributed by atoms with Crippen LogP contribution in [0.4, 0.5) is 4.39 Å². The van der Waals surface area contributed by atoms with Gasteiger partial charge in [-0.2, -0.15) is 0 Å². The molecular weight excluding hydrogens is 409 g/mol. The average Bonchev–Trinajstić information content (AvgIpc) is 3.04. The number of rotatable bonds is 4. The number of carbonyl (C=O) groups excluding carboxylic acids is 3. The summed E-state index contributed by atoms with van der Waals surface area (Å²) in [7, 11) is 0. The van der Waals surface area contributed by atoms with Gasteiger partial charge in [-0.25, -0.2) is 4.39 Å². The van der Waals surface area contributed by atoms with E-state index in [4.69, 9.17) is 0 Å². The fraction of sp³-hybridized carbons (Fsp3) is 0.400. The lowest BCUT2D eigenvalue weighted by Gasteiger charge is -2.27. The summed E-state index contributed by atoms with van der Waals surface area (Å²) in [5.41, 5.74) is 1.50. The lowest BCUT2D eigenvalue weighted by Crippen LogP contribution is -2.40. The van der Waals surface area contributed by atoms with Crippen molar-refractivity contribution in [3.63, 3.8) is 0 Å². The summed E-state index contributed by atoms with van der Waals surface area (Å²) in [4.78, 5) is 43.9. The van der Waals surface area contributed by atoms with Gasteiger partial charge in [0.25, 0.3) is 5.91 Å². The number of hydrogen-bond donors (Lipinski definition) is 0. The average molecular weight is 438 g/mol. The molecule has 6 nitrogen and oxygen atoms in total. The Bertz CT molecular complexity index is 980. The number of halogens is 1. The van der Waals surface area contributed by atoms with E-state index in [9.17, 15) is 18.8 Å². The van der Waals surface area contributed by atoms with Gasteiger partial charge in [0.15, 0.2) is 0 Å². The molecule has 0 bridgehead atoms. The number of benzene rings is 2. The molecule has 168 valence electrons. The molecule has 2 fully saturated rings. The van der Waals surface area contributed by atoms with Crippen molar-refractivity contribution in [1.29, 1.82) is 0 Å². The summed E-state index contributed by atoms with van der Waals surface area (Å²) in [6, 6.07) is 15.3. The van der Waals surface area contributed by atoms with Gasteiger partial charge in [-0.05, 0) is 43.2 Å². The maximum absolute atomic E-state index is 13.2. The summed E-state index contributed by atoms with van der Waals surface area (Å²) < 4.78 is 13.2. The van der Waals surface area contributed by atoms with Crippen LogP contribution in [0.15, 0.2) is 54.6 Å². The Balaban J connectivity index is 1.36. The first-order chi connectivity index (χ1) is 15.4. The molecule has 2 aromatic rings. The zero-order valence-corrected chi connectivity index (χ0v) is 18.2.